The molecule has 14 rings (SSSR count). The van der Waals surface area contributed by atoms with Gasteiger partial charge in [0.1, 0.15) is 37.3 Å². The molecule has 12 aromatic heterocycles. The molecule has 0 aliphatic carbocycles. The van der Waals surface area contributed by atoms with Crippen LogP contribution in [0.5, 0.6) is 23.8 Å². The van der Waals surface area contributed by atoms with E-state index in [0.717, 1.165) is 21.8 Å². The highest BCUT2D eigenvalue weighted by Gasteiger charge is 2.30. The van der Waals surface area contributed by atoms with Crippen LogP contribution in [0.3, 0.4) is 0 Å². The topological polar surface area (TPSA) is 344 Å². The number of hydrogen-bond donors (Lipinski definition) is 0. The van der Waals surface area contributed by atoms with Crippen LogP contribution in [-0.2, 0) is 26.2 Å². The van der Waals surface area contributed by atoms with Crippen molar-refractivity contribution in [3.8, 4) is 90.0 Å². The van der Waals surface area contributed by atoms with Crippen LogP contribution >= 0.6 is 22.7 Å². The molecule has 42 heteroatoms. The second kappa shape index (κ2) is 36.5. The molecule has 112 heavy (non-hydrogen) atoms. The van der Waals surface area contributed by atoms with E-state index in [4.69, 9.17) is 4.52 Å². The van der Waals surface area contributed by atoms with Crippen molar-refractivity contribution in [2.24, 2.45) is 0 Å². The number of ether oxygens (including phenoxy) is 4. The van der Waals surface area contributed by atoms with Crippen molar-refractivity contribution in [3.63, 3.8) is 0 Å². The monoisotopic (exact) mass is 1590 g/mol. The summed E-state index contributed by atoms with van der Waals surface area (Å²) in [5.41, 5.74) is 6.15. The summed E-state index contributed by atoms with van der Waals surface area (Å²) in [6.07, 6.45) is 0.479. The lowest BCUT2D eigenvalue weighted by molar-refractivity contribution is -0.155. The van der Waals surface area contributed by atoms with Gasteiger partial charge in [0.15, 0.2) is 13.2 Å². The zero-order valence-corrected chi connectivity index (χ0v) is 59.0. The summed E-state index contributed by atoms with van der Waals surface area (Å²) in [7, 11) is 0. The second-order valence-corrected chi connectivity index (χ2v) is 24.9. The highest BCUT2D eigenvalue weighted by Crippen LogP contribution is 2.28. The second-order valence-electron chi connectivity index (χ2n) is 22.8. The van der Waals surface area contributed by atoms with E-state index in [1.807, 2.05) is 49.4 Å². The van der Waals surface area contributed by atoms with Gasteiger partial charge in [-0.3, -0.25) is 24.2 Å². The predicted octanol–water partition coefficient (Wildman–Crippen LogP) is 11.5. The number of pyridine rings is 3. The van der Waals surface area contributed by atoms with E-state index >= 15 is 0 Å². The number of halogens is 11. The lowest BCUT2D eigenvalue weighted by Crippen LogP contribution is -2.23. The summed E-state index contributed by atoms with van der Waals surface area (Å²) in [6.45, 7) is -4.68. The van der Waals surface area contributed by atoms with Crippen molar-refractivity contribution in [2.75, 3.05) is 13.2 Å². The van der Waals surface area contributed by atoms with Gasteiger partial charge in [-0.2, -0.15) is 64.3 Å². The van der Waals surface area contributed by atoms with Crippen LogP contribution in [0.2, 0.25) is 0 Å². The van der Waals surface area contributed by atoms with Crippen LogP contribution in [0.15, 0.2) is 213 Å². The molecule has 0 saturated carbocycles. The van der Waals surface area contributed by atoms with E-state index < -0.39 is 50.8 Å². The number of aryl methyl sites for hydroxylation is 2. The smallest absolute Gasteiger partial charge is 0.422 e. The van der Waals surface area contributed by atoms with Crippen LogP contribution in [-0.4, -0.2) is 138 Å². The third kappa shape index (κ3) is 23.4. The number of benzene rings is 2. The van der Waals surface area contributed by atoms with Crippen LogP contribution in [0.4, 0.5) is 48.3 Å². The van der Waals surface area contributed by atoms with E-state index in [1.165, 1.54) is 151 Å². The molecule has 2 aromatic carbocycles. The summed E-state index contributed by atoms with van der Waals surface area (Å²) >= 11 is 2.64. The maximum atomic E-state index is 13.1. The fourth-order valence-electron chi connectivity index (χ4n) is 9.30. The Morgan fingerprint density at radius 1 is 0.420 bits per heavy atom. The van der Waals surface area contributed by atoms with Gasteiger partial charge in [-0.15, -0.1) is 20.4 Å². The molecule has 0 spiro atoms. The Morgan fingerprint density at radius 3 is 1.21 bits per heavy atom. The van der Waals surface area contributed by atoms with Crippen LogP contribution in [0.1, 0.15) is 32.7 Å². The Labute approximate surface area is 629 Å². The van der Waals surface area contributed by atoms with Gasteiger partial charge in [0, 0.05) is 125 Å². The molecule has 0 amide bonds. The van der Waals surface area contributed by atoms with Crippen LogP contribution in [0.25, 0.3) is 66.2 Å². The quantitative estimate of drug-likeness (QED) is 0.0569. The van der Waals surface area contributed by atoms with E-state index in [2.05, 4.69) is 99.8 Å². The van der Waals surface area contributed by atoms with Crippen molar-refractivity contribution in [1.82, 2.24) is 99.6 Å². The average Bonchev–Trinajstić information content (AvgIpc) is 1.27. The Hall–Kier alpha value is -13.7. The first-order valence-corrected chi connectivity index (χ1v) is 33.8. The SMILES string of the molecule is Cc1cc(Cn2nc(-c3cnc(OCC(F)(F)F)nc3)ccc2=O)no1.Cc1ccc(Cn2nc(-c3cnc(OCC(F)(F)F)nc3)ccc2=O)cn1.O=c1ccc(-c2ccc(OC(F)F)nc2)nn1Cc1nnc(-c2ccc(F)cc2)s1.O=c1ccc(-c2ccc(OC(F)F)nc2)nn1Cc1nnc(-c2ccccc2)s1. The molecule has 0 fully saturated rings. The van der Waals surface area contributed by atoms with Crippen molar-refractivity contribution in [3.05, 3.63) is 269 Å². The van der Waals surface area contributed by atoms with E-state index in [0.29, 0.717) is 77.1 Å². The molecule has 0 radical (unpaired) electrons. The zero-order valence-electron chi connectivity index (χ0n) is 57.4. The third-order valence-corrected chi connectivity index (χ3v) is 16.4. The largest absolute Gasteiger partial charge is 0.454 e. The van der Waals surface area contributed by atoms with E-state index in [9.17, 15) is 67.5 Å². The van der Waals surface area contributed by atoms with Gasteiger partial charge < -0.3 is 23.5 Å². The highest BCUT2D eigenvalue weighted by molar-refractivity contribution is 7.15. The number of nitrogens with zero attached hydrogens (tertiary/aromatic N) is 20. The fourth-order valence-corrected chi connectivity index (χ4v) is 11.0. The molecular formula is C70H51F11N20O9S2. The first-order chi connectivity index (χ1) is 53.7. The van der Waals surface area contributed by atoms with Crippen molar-refractivity contribution < 1.29 is 71.8 Å². The molecule has 0 atom stereocenters. The lowest BCUT2D eigenvalue weighted by atomic mass is 10.2. The lowest BCUT2D eigenvalue weighted by Gasteiger charge is -2.09. The molecular weight excluding hydrogens is 1540 g/mol. The Bertz CT molecular complexity index is 5690. The molecule has 0 aliphatic rings. The van der Waals surface area contributed by atoms with Crippen molar-refractivity contribution in [2.45, 2.75) is 65.6 Å². The molecule has 0 N–H and O–H groups in total. The Kier molecular flexibility index (Phi) is 25.9. The minimum Gasteiger partial charge on any atom is -0.454 e. The Balaban J connectivity index is 0.000000148. The fraction of sp³-hybridized carbons (Fsp3) is 0.171. The van der Waals surface area contributed by atoms with Crippen LogP contribution < -0.4 is 41.2 Å². The van der Waals surface area contributed by atoms with Gasteiger partial charge in [0.05, 0.1) is 49.0 Å². The standard InChI is InChI=1S/C19H12F3N5O2S.C19H13F2N5O2S.C17H14F3N5O2.C15H12F3N5O3/c20-13-4-1-11(2-5-13)18-25-24-16(30-18)10-27-17(28)8-6-14(26-27)12-3-7-15(23-9-12)29-19(21)22;20-19(21)28-15-8-6-13(10-22-15)14-7-9-17(27)26(25-14)11-16-23-24-18(29-16)12-4-2-1-3-5-12;1-11-2-3-12(6-21-11)9-25-15(26)5-4-14(24-25)13-7-22-16(23-8-13)27-10-17(18,19)20;1-9-4-11(22-26-9)7-23-13(24)3-2-12(21-23)10-5-19-14(20-6-10)25-8-15(16,17)18/h1-9,19H,10H2;1-10,19H,11H2;2-8H,9-10H2,1H3;2-6H,7-8H2,1H3. The number of alkyl halides is 10. The Morgan fingerprint density at radius 2 is 0.821 bits per heavy atom. The van der Waals surface area contributed by atoms with Gasteiger partial charge >= 0.3 is 37.6 Å². The highest BCUT2D eigenvalue weighted by atomic mass is 32.1. The predicted molar refractivity (Wildman–Crippen MR) is 376 cm³/mol. The molecule has 0 bridgehead atoms. The van der Waals surface area contributed by atoms with Gasteiger partial charge in [-0.05, 0) is 86.1 Å². The maximum Gasteiger partial charge on any atom is 0.422 e. The first-order valence-electron chi connectivity index (χ1n) is 32.2. The van der Waals surface area contributed by atoms with Crippen molar-refractivity contribution in [1.29, 1.82) is 0 Å². The third-order valence-electron chi connectivity index (χ3n) is 14.4. The molecule has 574 valence electrons. The summed E-state index contributed by atoms with van der Waals surface area (Å²) in [5, 5.41) is 39.8. The normalized spacial score (nSPS) is 11.2. The zero-order chi connectivity index (χ0) is 79.5. The number of hydrogen-bond acceptors (Lipinski definition) is 27. The molecule has 0 saturated heterocycles. The summed E-state index contributed by atoms with van der Waals surface area (Å²) in [4.78, 5) is 75.0. The van der Waals surface area contributed by atoms with Crippen molar-refractivity contribution >= 4 is 22.7 Å². The first kappa shape index (κ1) is 79.4. The van der Waals surface area contributed by atoms with Gasteiger partial charge in [-0.25, -0.2) is 53.0 Å². The molecule has 14 aromatic rings. The summed E-state index contributed by atoms with van der Waals surface area (Å²) in [5.74, 6) is -0.157. The summed E-state index contributed by atoms with van der Waals surface area (Å²) < 4.78 is 162. The van der Waals surface area contributed by atoms with Gasteiger partial charge in [-0.1, -0.05) is 64.2 Å². The molecule has 0 aliphatic heterocycles. The molecule has 12 heterocycles. The van der Waals surface area contributed by atoms with E-state index in [1.54, 1.807) is 43.5 Å². The summed E-state index contributed by atoms with van der Waals surface area (Å²) in [6, 6.07) is 37.1. The van der Waals surface area contributed by atoms with Gasteiger partial charge in [0.25, 0.3) is 22.2 Å². The minimum absolute atomic E-state index is 0.0888. The number of rotatable bonds is 22. The molecule has 0 unspecified atom stereocenters. The number of aromatic nitrogens is 20. The maximum absolute atomic E-state index is 13.1. The minimum atomic E-state index is -4.47. The van der Waals surface area contributed by atoms with Crippen LogP contribution in [0, 0.1) is 19.7 Å². The van der Waals surface area contributed by atoms with Gasteiger partial charge in [0.2, 0.25) is 11.8 Å². The molecule has 29 nitrogen and oxygen atoms in total. The average molecular weight is 1590 g/mol. The van der Waals surface area contributed by atoms with E-state index in [-0.39, 0.29) is 66.0 Å².